The van der Waals surface area contributed by atoms with Crippen LogP contribution in [0.5, 0.6) is 0 Å². The number of aromatic amines is 1. The van der Waals surface area contributed by atoms with Crippen LogP contribution in [0.1, 0.15) is 37.1 Å². The van der Waals surface area contributed by atoms with E-state index in [1.54, 1.807) is 12.1 Å². The number of hydrogen-bond acceptors (Lipinski definition) is 5. The molecule has 0 bridgehead atoms. The number of hydrogen-bond donors (Lipinski definition) is 1. The van der Waals surface area contributed by atoms with Crippen LogP contribution in [0.4, 0.5) is 4.39 Å². The number of aromatic nitrogens is 1. The van der Waals surface area contributed by atoms with Crippen molar-refractivity contribution >= 4 is 43.3 Å². The molecule has 8 heteroatoms. The first-order chi connectivity index (χ1) is 14.1. The van der Waals surface area contributed by atoms with Gasteiger partial charge in [0.25, 0.3) is 5.56 Å². The molecule has 30 heavy (non-hydrogen) atoms. The minimum Gasteiger partial charge on any atom is -0.329 e. The second kappa shape index (κ2) is 7.28. The number of ketones is 1. The number of halogens is 1. The summed E-state index contributed by atoms with van der Waals surface area (Å²) in [5.74, 6) is -1.03. The number of rotatable bonds is 4. The van der Waals surface area contributed by atoms with Crippen molar-refractivity contribution in [3.05, 3.63) is 69.2 Å². The van der Waals surface area contributed by atoms with Gasteiger partial charge in [0, 0.05) is 33.9 Å². The van der Waals surface area contributed by atoms with Crippen molar-refractivity contribution in [1.29, 1.82) is 0 Å². The fourth-order valence-corrected chi connectivity index (χ4v) is 6.40. The quantitative estimate of drug-likeness (QED) is 0.642. The van der Waals surface area contributed by atoms with E-state index >= 15 is 0 Å². The highest BCUT2D eigenvalue weighted by Gasteiger charge is 2.32. The van der Waals surface area contributed by atoms with Crippen LogP contribution in [-0.4, -0.2) is 19.2 Å². The number of carbonyl (C=O) groups excluding carboxylic acids is 1. The highest BCUT2D eigenvalue weighted by molar-refractivity contribution is 7.92. The van der Waals surface area contributed by atoms with Gasteiger partial charge in [0.15, 0.2) is 9.84 Å². The van der Waals surface area contributed by atoms with Crippen molar-refractivity contribution in [2.75, 3.05) is 0 Å². The van der Waals surface area contributed by atoms with Crippen LogP contribution in [-0.2, 0) is 20.4 Å². The number of pyridine rings is 1. The Balaban J connectivity index is 1.65. The lowest BCUT2D eigenvalue weighted by Crippen LogP contribution is -2.26. The van der Waals surface area contributed by atoms with Crippen LogP contribution in [0.2, 0.25) is 0 Å². The lowest BCUT2D eigenvalue weighted by molar-refractivity contribution is -0.126. The molecule has 156 valence electrons. The molecule has 0 spiro atoms. The normalized spacial score (nSPS) is 16.6. The van der Waals surface area contributed by atoms with E-state index in [0.29, 0.717) is 18.2 Å². The molecule has 5 nitrogen and oxygen atoms in total. The maximum Gasteiger partial charge on any atom is 0.255 e. The van der Waals surface area contributed by atoms with Crippen molar-refractivity contribution < 1.29 is 17.6 Å². The standard InChI is InChI=1S/C22H20FNO4S2/c1-22(2)11-14(3-5-19(22)25)18-4-6-20(29-18)30(27,28)12-15-9-16-13(10-17(15)23)7-8-24-21(16)26/h3-4,6-10H,5,11-12H2,1-2H3,(H,24,26). The number of sulfone groups is 1. The molecular formula is C22H20FNO4S2. The predicted octanol–water partition coefficient (Wildman–Crippen LogP) is 4.48. The molecule has 0 fully saturated rings. The Hall–Kier alpha value is -2.58. The molecule has 1 N–H and O–H groups in total. The third kappa shape index (κ3) is 3.77. The van der Waals surface area contributed by atoms with E-state index in [0.717, 1.165) is 21.8 Å². The fourth-order valence-electron chi connectivity index (χ4n) is 3.63. The Bertz CT molecular complexity index is 1360. The molecule has 1 aromatic carbocycles. The van der Waals surface area contributed by atoms with Crippen molar-refractivity contribution in [1.82, 2.24) is 4.98 Å². The Labute approximate surface area is 177 Å². The van der Waals surface area contributed by atoms with E-state index in [2.05, 4.69) is 4.98 Å². The molecule has 0 radical (unpaired) electrons. The highest BCUT2D eigenvalue weighted by atomic mass is 32.2. The zero-order valence-electron chi connectivity index (χ0n) is 16.5. The first kappa shape index (κ1) is 20.7. The first-order valence-corrected chi connectivity index (χ1v) is 11.9. The van der Waals surface area contributed by atoms with E-state index in [1.807, 2.05) is 19.9 Å². The molecule has 1 aliphatic rings. The van der Waals surface area contributed by atoms with E-state index in [1.165, 1.54) is 24.4 Å². The molecule has 2 aromatic heterocycles. The Morgan fingerprint density at radius 2 is 1.93 bits per heavy atom. The summed E-state index contributed by atoms with van der Waals surface area (Å²) < 4.78 is 40.5. The van der Waals surface area contributed by atoms with Gasteiger partial charge in [0.2, 0.25) is 0 Å². The Morgan fingerprint density at radius 3 is 2.67 bits per heavy atom. The minimum atomic E-state index is -3.80. The van der Waals surface area contributed by atoms with Gasteiger partial charge in [-0.25, -0.2) is 12.8 Å². The Kier molecular flexibility index (Phi) is 5.02. The Morgan fingerprint density at radius 1 is 1.17 bits per heavy atom. The number of nitrogens with one attached hydrogen (secondary N) is 1. The maximum atomic E-state index is 14.5. The SMILES string of the molecule is CC1(C)CC(c2ccc(S(=O)(=O)Cc3cc4c(=O)[nH]ccc4cc3F)s2)=CCC1=O. The summed E-state index contributed by atoms with van der Waals surface area (Å²) in [5, 5.41) is 0.660. The zero-order valence-corrected chi connectivity index (χ0v) is 18.1. The van der Waals surface area contributed by atoms with Gasteiger partial charge in [-0.2, -0.15) is 0 Å². The summed E-state index contributed by atoms with van der Waals surface area (Å²) in [5.41, 5.74) is 0.0344. The lowest BCUT2D eigenvalue weighted by atomic mass is 9.76. The molecule has 2 heterocycles. The van der Waals surface area contributed by atoms with E-state index < -0.39 is 32.4 Å². The van der Waals surface area contributed by atoms with Gasteiger partial charge in [-0.05, 0) is 47.7 Å². The van der Waals surface area contributed by atoms with Gasteiger partial charge >= 0.3 is 0 Å². The summed E-state index contributed by atoms with van der Waals surface area (Å²) in [6.07, 6.45) is 4.15. The largest absolute Gasteiger partial charge is 0.329 e. The zero-order chi connectivity index (χ0) is 21.7. The van der Waals surface area contributed by atoms with Gasteiger partial charge in [-0.1, -0.05) is 19.9 Å². The average molecular weight is 446 g/mol. The van der Waals surface area contributed by atoms with Crippen LogP contribution >= 0.6 is 11.3 Å². The first-order valence-electron chi connectivity index (χ1n) is 9.42. The van der Waals surface area contributed by atoms with E-state index in [9.17, 15) is 22.4 Å². The summed E-state index contributed by atoms with van der Waals surface area (Å²) in [6, 6.07) is 7.30. The fraction of sp³-hybridized carbons (Fsp3) is 0.273. The number of carbonyl (C=O) groups is 1. The number of H-pyrrole nitrogens is 1. The molecular weight excluding hydrogens is 425 g/mol. The monoisotopic (exact) mass is 445 g/mol. The number of fused-ring (bicyclic) bond motifs is 1. The smallest absolute Gasteiger partial charge is 0.255 e. The summed E-state index contributed by atoms with van der Waals surface area (Å²) in [6.45, 7) is 3.77. The molecule has 1 aliphatic carbocycles. The number of thiophene rings is 1. The van der Waals surface area contributed by atoms with Gasteiger partial charge < -0.3 is 4.98 Å². The van der Waals surface area contributed by atoms with Crippen molar-refractivity contribution in [2.24, 2.45) is 5.41 Å². The van der Waals surface area contributed by atoms with Crippen molar-refractivity contribution in [3.63, 3.8) is 0 Å². The molecule has 0 unspecified atom stereocenters. The molecule has 3 aromatic rings. The van der Waals surface area contributed by atoms with Crippen LogP contribution < -0.4 is 5.56 Å². The molecule has 0 aliphatic heterocycles. The third-order valence-corrected chi connectivity index (χ3v) is 8.82. The van der Waals surface area contributed by atoms with Crippen molar-refractivity contribution in [2.45, 2.75) is 36.7 Å². The van der Waals surface area contributed by atoms with Gasteiger partial charge in [-0.3, -0.25) is 9.59 Å². The summed E-state index contributed by atoms with van der Waals surface area (Å²) in [7, 11) is -3.80. The average Bonchev–Trinajstić information content (AvgIpc) is 3.16. The highest BCUT2D eigenvalue weighted by Crippen LogP contribution is 2.40. The topological polar surface area (TPSA) is 84.1 Å². The predicted molar refractivity (Wildman–Crippen MR) is 116 cm³/mol. The van der Waals surface area contributed by atoms with Gasteiger partial charge in [-0.15, -0.1) is 11.3 Å². The second-order valence-corrected chi connectivity index (χ2v) is 11.4. The maximum absolute atomic E-state index is 14.5. The summed E-state index contributed by atoms with van der Waals surface area (Å²) in [4.78, 5) is 27.3. The lowest BCUT2D eigenvalue weighted by Gasteiger charge is -2.27. The molecule has 0 saturated carbocycles. The van der Waals surface area contributed by atoms with E-state index in [4.69, 9.17) is 0 Å². The van der Waals surface area contributed by atoms with Crippen LogP contribution in [0.25, 0.3) is 16.3 Å². The molecule has 0 atom stereocenters. The van der Waals surface area contributed by atoms with Crippen molar-refractivity contribution in [3.8, 4) is 0 Å². The summed E-state index contributed by atoms with van der Waals surface area (Å²) >= 11 is 1.12. The van der Waals surface area contributed by atoms with E-state index in [-0.39, 0.29) is 20.9 Å². The molecule has 0 amide bonds. The second-order valence-electron chi connectivity index (χ2n) is 8.13. The number of benzene rings is 1. The number of allylic oxidation sites excluding steroid dienone is 2. The third-order valence-electron chi connectivity index (χ3n) is 5.41. The van der Waals surface area contributed by atoms with Crippen LogP contribution in [0.15, 0.2) is 51.6 Å². The van der Waals surface area contributed by atoms with Crippen LogP contribution in [0, 0.1) is 11.2 Å². The molecule has 4 rings (SSSR count). The number of Topliss-reactive ketones (excluding diaryl/α,β-unsaturated/α-hetero) is 1. The van der Waals surface area contributed by atoms with Gasteiger partial charge in [0.1, 0.15) is 15.8 Å². The van der Waals surface area contributed by atoms with Gasteiger partial charge in [0.05, 0.1) is 5.75 Å². The van der Waals surface area contributed by atoms with Crippen LogP contribution in [0.3, 0.4) is 0 Å². The minimum absolute atomic E-state index is 0.0437. The molecule has 0 saturated heterocycles.